The zero-order chi connectivity index (χ0) is 13.1. The van der Waals surface area contributed by atoms with Gasteiger partial charge in [0.2, 0.25) is 0 Å². The Labute approximate surface area is 124 Å². The van der Waals surface area contributed by atoms with Gasteiger partial charge in [-0.3, -0.25) is 0 Å². The molecular formula is C11H6Cl4N2O. The van der Waals surface area contributed by atoms with Gasteiger partial charge in [0.1, 0.15) is 0 Å². The molecule has 1 heterocycles. The van der Waals surface area contributed by atoms with E-state index in [2.05, 4.69) is 9.97 Å². The van der Waals surface area contributed by atoms with E-state index < -0.39 is 0 Å². The molecule has 1 aromatic carbocycles. The van der Waals surface area contributed by atoms with Crippen LogP contribution in [-0.2, 0) is 5.88 Å². The summed E-state index contributed by atoms with van der Waals surface area (Å²) in [7, 11) is 0. The monoisotopic (exact) mass is 322 g/mol. The molecule has 94 valence electrons. The van der Waals surface area contributed by atoms with Crippen molar-refractivity contribution in [1.29, 1.82) is 0 Å². The average molecular weight is 324 g/mol. The van der Waals surface area contributed by atoms with Gasteiger partial charge in [-0.05, 0) is 6.07 Å². The van der Waals surface area contributed by atoms with E-state index in [0.29, 0.717) is 26.7 Å². The molecule has 0 aliphatic heterocycles. The second-order valence-corrected chi connectivity index (χ2v) is 4.80. The standard InChI is InChI=1S/C11H6Cl4N2O/c12-3-6-4-16-11(17-5-6)18-10-2-8(14)7(13)1-9(10)15/h1-2,4-5H,3H2. The minimum Gasteiger partial charge on any atom is -0.423 e. The molecule has 0 radical (unpaired) electrons. The number of aromatic nitrogens is 2. The van der Waals surface area contributed by atoms with E-state index in [9.17, 15) is 0 Å². The first kappa shape index (κ1) is 13.7. The molecule has 0 bridgehead atoms. The molecule has 0 saturated carbocycles. The van der Waals surface area contributed by atoms with Crippen LogP contribution in [0.15, 0.2) is 24.5 Å². The van der Waals surface area contributed by atoms with Gasteiger partial charge in [0.05, 0.1) is 20.9 Å². The maximum absolute atomic E-state index is 5.97. The molecule has 2 rings (SSSR count). The summed E-state index contributed by atoms with van der Waals surface area (Å²) in [6.45, 7) is 0. The number of alkyl halides is 1. The Morgan fingerprint density at radius 1 is 0.944 bits per heavy atom. The van der Waals surface area contributed by atoms with E-state index in [-0.39, 0.29) is 6.01 Å². The molecule has 7 heteroatoms. The van der Waals surface area contributed by atoms with Crippen molar-refractivity contribution in [2.75, 3.05) is 0 Å². The molecule has 18 heavy (non-hydrogen) atoms. The summed E-state index contributed by atoms with van der Waals surface area (Å²) in [6, 6.07) is 3.16. The molecule has 0 N–H and O–H groups in total. The summed E-state index contributed by atoms with van der Waals surface area (Å²) in [5.74, 6) is 0.679. The summed E-state index contributed by atoms with van der Waals surface area (Å²) in [5, 5.41) is 1.02. The Hall–Kier alpha value is -0.740. The lowest BCUT2D eigenvalue weighted by atomic mass is 10.3. The first-order chi connectivity index (χ1) is 8.60. The van der Waals surface area contributed by atoms with Crippen molar-refractivity contribution in [3.8, 4) is 11.8 Å². The highest BCUT2D eigenvalue weighted by atomic mass is 35.5. The molecule has 0 spiro atoms. The minimum absolute atomic E-state index is 0.157. The first-order valence-corrected chi connectivity index (χ1v) is 6.46. The Morgan fingerprint density at radius 3 is 2.17 bits per heavy atom. The predicted molar refractivity (Wildman–Crippen MR) is 73.1 cm³/mol. The van der Waals surface area contributed by atoms with E-state index in [4.69, 9.17) is 51.1 Å². The maximum Gasteiger partial charge on any atom is 0.321 e. The highest BCUT2D eigenvalue weighted by Crippen LogP contribution is 2.35. The summed E-state index contributed by atoms with van der Waals surface area (Å²) >= 11 is 23.3. The van der Waals surface area contributed by atoms with Crippen LogP contribution < -0.4 is 4.74 Å². The van der Waals surface area contributed by atoms with Gasteiger partial charge in [-0.2, -0.15) is 0 Å². The zero-order valence-electron chi connectivity index (χ0n) is 8.83. The number of rotatable bonds is 3. The summed E-state index contributed by atoms with van der Waals surface area (Å²) in [4.78, 5) is 7.97. The van der Waals surface area contributed by atoms with Crippen LogP contribution in [0.2, 0.25) is 15.1 Å². The van der Waals surface area contributed by atoms with Gasteiger partial charge in [0, 0.05) is 24.0 Å². The second-order valence-electron chi connectivity index (χ2n) is 3.31. The molecule has 1 aromatic heterocycles. The van der Waals surface area contributed by atoms with Crippen molar-refractivity contribution in [3.05, 3.63) is 45.2 Å². The summed E-state index contributed by atoms with van der Waals surface area (Å²) in [5.41, 5.74) is 0.796. The largest absolute Gasteiger partial charge is 0.423 e. The number of nitrogens with zero attached hydrogens (tertiary/aromatic N) is 2. The van der Waals surface area contributed by atoms with Gasteiger partial charge in [-0.25, -0.2) is 9.97 Å². The summed E-state index contributed by atoms with van der Waals surface area (Å²) < 4.78 is 5.40. The molecule has 0 atom stereocenters. The molecule has 0 saturated heterocycles. The van der Waals surface area contributed by atoms with Crippen LogP contribution in [0.25, 0.3) is 0 Å². The number of ether oxygens (including phenoxy) is 1. The van der Waals surface area contributed by atoms with Crippen molar-refractivity contribution in [2.45, 2.75) is 5.88 Å². The van der Waals surface area contributed by atoms with E-state index in [1.165, 1.54) is 12.1 Å². The minimum atomic E-state index is 0.157. The fraction of sp³-hybridized carbons (Fsp3) is 0.0909. The van der Waals surface area contributed by atoms with Crippen molar-refractivity contribution in [3.63, 3.8) is 0 Å². The quantitative estimate of drug-likeness (QED) is 0.591. The number of hydrogen-bond donors (Lipinski definition) is 0. The van der Waals surface area contributed by atoms with Gasteiger partial charge in [-0.15, -0.1) is 11.6 Å². The van der Waals surface area contributed by atoms with Crippen molar-refractivity contribution in [2.24, 2.45) is 0 Å². The SMILES string of the molecule is ClCc1cnc(Oc2cc(Cl)c(Cl)cc2Cl)nc1. The van der Waals surface area contributed by atoms with Crippen molar-refractivity contribution < 1.29 is 4.74 Å². The van der Waals surface area contributed by atoms with Crippen LogP contribution in [-0.4, -0.2) is 9.97 Å². The average Bonchev–Trinajstić information content (AvgIpc) is 2.37. The third kappa shape index (κ3) is 3.18. The zero-order valence-corrected chi connectivity index (χ0v) is 11.9. The van der Waals surface area contributed by atoms with E-state index in [1.807, 2.05) is 0 Å². The van der Waals surface area contributed by atoms with E-state index in [1.54, 1.807) is 12.4 Å². The smallest absolute Gasteiger partial charge is 0.321 e. The van der Waals surface area contributed by atoms with Gasteiger partial charge >= 0.3 is 6.01 Å². The Bertz CT molecular complexity index is 560. The van der Waals surface area contributed by atoms with Gasteiger partial charge < -0.3 is 4.74 Å². The van der Waals surface area contributed by atoms with Gasteiger partial charge in [-0.1, -0.05) is 34.8 Å². The number of halogens is 4. The van der Waals surface area contributed by atoms with E-state index >= 15 is 0 Å². The number of hydrogen-bond acceptors (Lipinski definition) is 3. The highest BCUT2D eigenvalue weighted by molar-refractivity contribution is 6.43. The molecule has 0 unspecified atom stereocenters. The third-order valence-corrected chi connectivity index (χ3v) is 3.34. The highest BCUT2D eigenvalue weighted by Gasteiger charge is 2.09. The Morgan fingerprint density at radius 2 is 1.56 bits per heavy atom. The van der Waals surface area contributed by atoms with Crippen molar-refractivity contribution >= 4 is 46.4 Å². The van der Waals surface area contributed by atoms with Crippen LogP contribution in [0.1, 0.15) is 5.56 Å². The maximum atomic E-state index is 5.97. The van der Waals surface area contributed by atoms with Crippen LogP contribution in [0.3, 0.4) is 0 Å². The lowest BCUT2D eigenvalue weighted by Gasteiger charge is -2.07. The first-order valence-electron chi connectivity index (χ1n) is 4.79. The van der Waals surface area contributed by atoms with Crippen LogP contribution in [0.4, 0.5) is 0 Å². The normalized spacial score (nSPS) is 10.4. The Kier molecular flexibility index (Phi) is 4.51. The van der Waals surface area contributed by atoms with E-state index in [0.717, 1.165) is 5.56 Å². The molecular weight excluding hydrogens is 318 g/mol. The molecule has 2 aromatic rings. The molecule has 0 aliphatic rings. The van der Waals surface area contributed by atoms with Gasteiger partial charge in [0.25, 0.3) is 0 Å². The Balaban J connectivity index is 2.25. The molecule has 0 aliphatic carbocycles. The topological polar surface area (TPSA) is 35.0 Å². The molecule has 0 fully saturated rings. The van der Waals surface area contributed by atoms with Crippen LogP contribution >= 0.6 is 46.4 Å². The fourth-order valence-corrected chi connectivity index (χ4v) is 1.86. The summed E-state index contributed by atoms with van der Waals surface area (Å²) in [6.07, 6.45) is 3.14. The van der Waals surface area contributed by atoms with Crippen molar-refractivity contribution in [1.82, 2.24) is 9.97 Å². The predicted octanol–water partition coefficient (Wildman–Crippen LogP) is 4.97. The molecule has 3 nitrogen and oxygen atoms in total. The van der Waals surface area contributed by atoms with Crippen LogP contribution in [0.5, 0.6) is 11.8 Å². The third-order valence-electron chi connectivity index (χ3n) is 2.01. The second kappa shape index (κ2) is 5.93. The lowest BCUT2D eigenvalue weighted by Crippen LogP contribution is -1.93. The fourth-order valence-electron chi connectivity index (χ4n) is 1.15. The molecule has 0 amide bonds. The van der Waals surface area contributed by atoms with Gasteiger partial charge in [0.15, 0.2) is 5.75 Å². The van der Waals surface area contributed by atoms with Crippen LogP contribution in [0, 0.1) is 0 Å². The number of benzene rings is 1. The lowest BCUT2D eigenvalue weighted by molar-refractivity contribution is 0.441.